The standard InChI is InChI=1S/C29H27FN4O3/c1-3-20-9-15-23(16-10-20)34(29(36)25-19-31-17-18-32-25)27(24-7-5-6-8-26(24)37-4-2)28(35)33-22-13-11-21(30)12-14-22/h5-19,27H,3-4H2,1-2H3,(H,33,35). The van der Waals surface area contributed by atoms with E-state index in [9.17, 15) is 14.0 Å². The molecule has 0 aliphatic heterocycles. The van der Waals surface area contributed by atoms with Crippen LogP contribution in [0.25, 0.3) is 0 Å². The zero-order valence-electron chi connectivity index (χ0n) is 20.6. The number of rotatable bonds is 9. The van der Waals surface area contributed by atoms with E-state index in [0.29, 0.717) is 29.3 Å². The molecule has 8 heteroatoms. The molecule has 1 N–H and O–H groups in total. The van der Waals surface area contributed by atoms with Gasteiger partial charge in [-0.2, -0.15) is 0 Å². The van der Waals surface area contributed by atoms with Crippen LogP contribution in [-0.4, -0.2) is 28.4 Å². The lowest BCUT2D eigenvalue weighted by Crippen LogP contribution is -2.42. The number of benzene rings is 3. The van der Waals surface area contributed by atoms with Crippen LogP contribution in [0.2, 0.25) is 0 Å². The summed E-state index contributed by atoms with van der Waals surface area (Å²) in [5, 5.41) is 2.83. The highest BCUT2D eigenvalue weighted by Gasteiger charge is 2.36. The molecule has 3 aromatic carbocycles. The third kappa shape index (κ3) is 5.98. The molecular weight excluding hydrogens is 471 g/mol. The predicted octanol–water partition coefficient (Wildman–Crippen LogP) is 5.60. The average Bonchev–Trinajstić information content (AvgIpc) is 2.94. The van der Waals surface area contributed by atoms with Crippen molar-refractivity contribution in [1.29, 1.82) is 0 Å². The molecule has 0 fully saturated rings. The van der Waals surface area contributed by atoms with Crippen molar-refractivity contribution in [3.05, 3.63) is 114 Å². The molecule has 37 heavy (non-hydrogen) atoms. The third-order valence-electron chi connectivity index (χ3n) is 5.76. The van der Waals surface area contributed by atoms with E-state index in [1.807, 2.05) is 26.0 Å². The lowest BCUT2D eigenvalue weighted by atomic mass is 10.0. The number of hydrogen-bond acceptors (Lipinski definition) is 5. The zero-order chi connectivity index (χ0) is 26.2. The van der Waals surface area contributed by atoms with Gasteiger partial charge in [0.05, 0.1) is 12.8 Å². The Bertz CT molecular complexity index is 1350. The summed E-state index contributed by atoms with van der Waals surface area (Å²) in [6.07, 6.45) is 5.08. The molecule has 0 saturated carbocycles. The molecule has 0 aliphatic rings. The van der Waals surface area contributed by atoms with Crippen LogP contribution in [0, 0.1) is 5.82 Å². The van der Waals surface area contributed by atoms with Gasteiger partial charge in [0, 0.05) is 29.3 Å². The van der Waals surface area contributed by atoms with E-state index in [1.165, 1.54) is 47.8 Å². The van der Waals surface area contributed by atoms with Crippen LogP contribution < -0.4 is 15.0 Å². The van der Waals surface area contributed by atoms with Crippen molar-refractivity contribution >= 4 is 23.2 Å². The smallest absolute Gasteiger partial charge is 0.279 e. The van der Waals surface area contributed by atoms with E-state index in [4.69, 9.17) is 4.74 Å². The Hall–Kier alpha value is -4.59. The van der Waals surface area contributed by atoms with Crippen molar-refractivity contribution in [3.63, 3.8) is 0 Å². The summed E-state index contributed by atoms with van der Waals surface area (Å²) < 4.78 is 19.3. The van der Waals surface area contributed by atoms with Crippen molar-refractivity contribution in [2.45, 2.75) is 26.3 Å². The molecule has 188 valence electrons. The van der Waals surface area contributed by atoms with Gasteiger partial charge in [-0.1, -0.05) is 37.3 Å². The van der Waals surface area contributed by atoms with E-state index >= 15 is 0 Å². The van der Waals surface area contributed by atoms with Crippen LogP contribution in [0.4, 0.5) is 15.8 Å². The van der Waals surface area contributed by atoms with Crippen LogP contribution in [0.5, 0.6) is 5.75 Å². The van der Waals surface area contributed by atoms with Gasteiger partial charge in [-0.3, -0.25) is 19.5 Å². The van der Waals surface area contributed by atoms with Gasteiger partial charge in [-0.25, -0.2) is 9.37 Å². The van der Waals surface area contributed by atoms with E-state index in [0.717, 1.165) is 12.0 Å². The number of para-hydroxylation sites is 1. The fourth-order valence-corrected chi connectivity index (χ4v) is 3.94. The Balaban J connectivity index is 1.88. The van der Waals surface area contributed by atoms with Gasteiger partial charge in [-0.05, 0) is 61.4 Å². The molecule has 7 nitrogen and oxygen atoms in total. The number of amides is 2. The Labute approximate surface area is 215 Å². The first-order valence-electron chi connectivity index (χ1n) is 12.0. The van der Waals surface area contributed by atoms with Crippen molar-refractivity contribution in [1.82, 2.24) is 9.97 Å². The maximum Gasteiger partial charge on any atom is 0.279 e. The molecule has 0 bridgehead atoms. The van der Waals surface area contributed by atoms with Crippen molar-refractivity contribution < 1.29 is 18.7 Å². The number of carbonyl (C=O) groups excluding carboxylic acids is 2. The highest BCUT2D eigenvalue weighted by atomic mass is 19.1. The molecule has 4 rings (SSSR count). The summed E-state index contributed by atoms with van der Waals surface area (Å²) >= 11 is 0. The van der Waals surface area contributed by atoms with E-state index in [1.54, 1.807) is 36.4 Å². The number of nitrogens with zero attached hydrogens (tertiary/aromatic N) is 3. The molecule has 0 saturated heterocycles. The Morgan fingerprint density at radius 2 is 1.70 bits per heavy atom. The average molecular weight is 499 g/mol. The summed E-state index contributed by atoms with van der Waals surface area (Å²) in [6.45, 7) is 4.25. The van der Waals surface area contributed by atoms with Gasteiger partial charge < -0.3 is 10.1 Å². The van der Waals surface area contributed by atoms with Gasteiger partial charge >= 0.3 is 0 Å². The minimum absolute atomic E-state index is 0.0792. The number of carbonyl (C=O) groups is 2. The Kier molecular flexibility index (Phi) is 8.20. The lowest BCUT2D eigenvalue weighted by Gasteiger charge is -2.32. The SMILES string of the molecule is CCOc1ccccc1C(C(=O)Nc1ccc(F)cc1)N(C(=O)c1cnccn1)c1ccc(CC)cc1. The topological polar surface area (TPSA) is 84.4 Å². The molecule has 2 amide bonds. The summed E-state index contributed by atoms with van der Waals surface area (Å²) in [7, 11) is 0. The van der Waals surface area contributed by atoms with Gasteiger partial charge in [0.25, 0.3) is 11.8 Å². The number of aryl methyl sites for hydroxylation is 1. The number of halogens is 1. The fraction of sp³-hybridized carbons (Fsp3) is 0.172. The minimum atomic E-state index is -1.14. The molecular formula is C29H27FN4O3. The van der Waals surface area contributed by atoms with E-state index < -0.39 is 23.7 Å². The van der Waals surface area contributed by atoms with Crippen LogP contribution >= 0.6 is 0 Å². The normalized spacial score (nSPS) is 11.4. The number of hydrogen-bond donors (Lipinski definition) is 1. The number of nitrogens with one attached hydrogen (secondary N) is 1. The largest absolute Gasteiger partial charge is 0.493 e. The molecule has 4 aromatic rings. The summed E-state index contributed by atoms with van der Waals surface area (Å²) in [6, 6.07) is 18.8. The van der Waals surface area contributed by atoms with Crippen molar-refractivity contribution in [2.24, 2.45) is 0 Å². The van der Waals surface area contributed by atoms with E-state index in [-0.39, 0.29) is 5.69 Å². The lowest BCUT2D eigenvalue weighted by molar-refractivity contribution is -0.117. The Morgan fingerprint density at radius 1 is 0.973 bits per heavy atom. The molecule has 1 unspecified atom stereocenters. The van der Waals surface area contributed by atoms with Crippen molar-refractivity contribution in [2.75, 3.05) is 16.8 Å². The number of aromatic nitrogens is 2. The van der Waals surface area contributed by atoms with Crippen LogP contribution in [0.3, 0.4) is 0 Å². The predicted molar refractivity (Wildman–Crippen MR) is 140 cm³/mol. The highest BCUT2D eigenvalue weighted by molar-refractivity contribution is 6.11. The molecule has 0 aliphatic carbocycles. The Morgan fingerprint density at radius 3 is 2.35 bits per heavy atom. The van der Waals surface area contributed by atoms with E-state index in [2.05, 4.69) is 15.3 Å². The molecule has 0 spiro atoms. The second-order valence-electron chi connectivity index (χ2n) is 8.16. The van der Waals surface area contributed by atoms with Crippen molar-refractivity contribution in [3.8, 4) is 5.75 Å². The van der Waals surface area contributed by atoms with Gasteiger partial charge in [0.1, 0.15) is 23.3 Å². The van der Waals surface area contributed by atoms with Gasteiger partial charge in [0.15, 0.2) is 0 Å². The molecule has 1 aromatic heterocycles. The first-order valence-corrected chi connectivity index (χ1v) is 12.0. The fourth-order valence-electron chi connectivity index (χ4n) is 3.94. The maximum absolute atomic E-state index is 13.9. The monoisotopic (exact) mass is 498 g/mol. The first-order chi connectivity index (χ1) is 18.0. The molecule has 0 radical (unpaired) electrons. The van der Waals surface area contributed by atoms with Crippen LogP contribution in [0.1, 0.15) is 41.5 Å². The number of anilines is 2. The van der Waals surface area contributed by atoms with Crippen LogP contribution in [-0.2, 0) is 11.2 Å². The quantitative estimate of drug-likeness (QED) is 0.325. The second-order valence-corrected chi connectivity index (χ2v) is 8.16. The second kappa shape index (κ2) is 11.9. The summed E-state index contributed by atoms with van der Waals surface area (Å²) in [4.78, 5) is 37.5. The van der Waals surface area contributed by atoms with Gasteiger partial charge in [-0.15, -0.1) is 0 Å². The number of ether oxygens (including phenoxy) is 1. The zero-order valence-corrected chi connectivity index (χ0v) is 20.6. The summed E-state index contributed by atoms with van der Waals surface area (Å²) in [5.41, 5.74) is 2.53. The first kappa shape index (κ1) is 25.5. The molecule has 1 atom stereocenters. The van der Waals surface area contributed by atoms with Crippen LogP contribution in [0.15, 0.2) is 91.4 Å². The minimum Gasteiger partial charge on any atom is -0.493 e. The highest BCUT2D eigenvalue weighted by Crippen LogP contribution is 2.35. The molecule has 1 heterocycles. The van der Waals surface area contributed by atoms with Gasteiger partial charge in [0.2, 0.25) is 0 Å². The third-order valence-corrected chi connectivity index (χ3v) is 5.76. The maximum atomic E-state index is 13.9. The summed E-state index contributed by atoms with van der Waals surface area (Å²) in [5.74, 6) is -0.975.